The highest BCUT2D eigenvalue weighted by Gasteiger charge is 2.51. The minimum Gasteiger partial charge on any atom is -0.399 e. The number of nitrogens with zero attached hydrogens (tertiary/aromatic N) is 2. The van der Waals surface area contributed by atoms with E-state index in [1.165, 1.54) is 0 Å². The predicted octanol–water partition coefficient (Wildman–Crippen LogP) is 7.82. The fourth-order valence-electron chi connectivity index (χ4n) is 5.66. The van der Waals surface area contributed by atoms with E-state index in [4.69, 9.17) is 19.3 Å². The highest BCUT2D eigenvalue weighted by atomic mass is 16.7. The fourth-order valence-corrected chi connectivity index (χ4v) is 5.66. The summed E-state index contributed by atoms with van der Waals surface area (Å²) < 4.78 is 12.6. The van der Waals surface area contributed by atoms with Crippen LogP contribution in [0.15, 0.2) is 143 Å². The molecule has 5 aromatic carbocycles. The maximum absolute atomic E-state index is 6.29. The molecule has 5 nitrogen and oxygen atoms in total. The third kappa shape index (κ3) is 5.87. The molecule has 1 unspecified atom stereocenters. The molecule has 1 saturated heterocycles. The van der Waals surface area contributed by atoms with Crippen molar-refractivity contribution in [1.29, 1.82) is 0 Å². The molecule has 2 heterocycles. The van der Waals surface area contributed by atoms with E-state index in [1.807, 2.05) is 30.3 Å². The maximum atomic E-state index is 6.29. The number of hydrogen-bond donors (Lipinski definition) is 1. The molecule has 0 amide bonds. The van der Waals surface area contributed by atoms with Gasteiger partial charge in [-0.2, -0.15) is 0 Å². The summed E-state index contributed by atoms with van der Waals surface area (Å²) >= 11 is 0. The largest absolute Gasteiger partial charge is 0.494 e. The van der Waals surface area contributed by atoms with Crippen molar-refractivity contribution in [2.24, 2.45) is 9.98 Å². The first-order valence-electron chi connectivity index (χ1n) is 15.5. The van der Waals surface area contributed by atoms with Gasteiger partial charge in [0.25, 0.3) is 0 Å². The average molecular weight is 590 g/mol. The highest BCUT2D eigenvalue weighted by molar-refractivity contribution is 6.62. The second-order valence-corrected chi connectivity index (χ2v) is 12.6. The van der Waals surface area contributed by atoms with E-state index >= 15 is 0 Å². The van der Waals surface area contributed by atoms with Crippen LogP contribution in [0.1, 0.15) is 50.6 Å². The standard InChI is InChI=1S/C39H36BN3O2/c1-38(2)39(3,4)45-40(44-38)34-22-20-30(21-23-34)36-41-35(29-18-12-7-13-19-29)42-37(43-36)33-25-31(27-14-8-5-9-15-27)24-32(26-33)28-16-10-6-11-17-28/h5-26,35H,1-4H3,(H,41,42,43). The molecule has 2 aliphatic rings. The maximum Gasteiger partial charge on any atom is 0.494 e. The predicted molar refractivity (Wildman–Crippen MR) is 185 cm³/mol. The van der Waals surface area contributed by atoms with Crippen molar-refractivity contribution in [3.63, 3.8) is 0 Å². The summed E-state index contributed by atoms with van der Waals surface area (Å²) in [5.74, 6) is 1.45. The number of nitrogens with one attached hydrogen (secondary N) is 1. The SMILES string of the molecule is CC1(C)OB(c2ccc(C3=NC(c4ccccc4)NC(c4cc(-c5ccccc5)cc(-c5ccccc5)c4)=N3)cc2)OC1(C)C. The Kier molecular flexibility index (Phi) is 7.48. The van der Waals surface area contributed by atoms with E-state index in [1.54, 1.807) is 0 Å². The minimum atomic E-state index is -0.424. The van der Waals surface area contributed by atoms with Crippen molar-refractivity contribution >= 4 is 24.3 Å². The molecular formula is C39H36BN3O2. The quantitative estimate of drug-likeness (QED) is 0.206. The Balaban J connectivity index is 1.30. The second-order valence-electron chi connectivity index (χ2n) is 12.6. The Bertz CT molecular complexity index is 1800. The van der Waals surface area contributed by atoms with Crippen LogP contribution in [0.25, 0.3) is 22.3 Å². The zero-order valence-corrected chi connectivity index (χ0v) is 26.1. The lowest BCUT2D eigenvalue weighted by atomic mass is 9.79. The minimum absolute atomic E-state index is 0.294. The molecule has 0 aliphatic carbocycles. The van der Waals surface area contributed by atoms with Gasteiger partial charge in [-0.05, 0) is 79.2 Å². The van der Waals surface area contributed by atoms with Gasteiger partial charge in [0.2, 0.25) is 0 Å². The molecule has 222 valence electrons. The molecule has 45 heavy (non-hydrogen) atoms. The van der Waals surface area contributed by atoms with E-state index in [-0.39, 0.29) is 6.17 Å². The van der Waals surface area contributed by atoms with Crippen LogP contribution in [0.2, 0.25) is 0 Å². The molecule has 1 N–H and O–H groups in total. The summed E-state index contributed by atoms with van der Waals surface area (Å²) in [5.41, 5.74) is 7.73. The van der Waals surface area contributed by atoms with Gasteiger partial charge >= 0.3 is 7.12 Å². The number of hydrogen-bond acceptors (Lipinski definition) is 5. The molecule has 5 aromatic rings. The molecule has 0 aromatic heterocycles. The van der Waals surface area contributed by atoms with Crippen molar-refractivity contribution in [3.05, 3.63) is 150 Å². The monoisotopic (exact) mass is 589 g/mol. The smallest absolute Gasteiger partial charge is 0.399 e. The van der Waals surface area contributed by atoms with Gasteiger partial charge in [-0.1, -0.05) is 115 Å². The molecule has 0 spiro atoms. The lowest BCUT2D eigenvalue weighted by Gasteiger charge is -2.32. The van der Waals surface area contributed by atoms with Crippen LogP contribution < -0.4 is 10.8 Å². The number of amidine groups is 2. The Morgan fingerprint density at radius 2 is 1.04 bits per heavy atom. The number of rotatable bonds is 6. The average Bonchev–Trinajstić information content (AvgIpc) is 3.31. The van der Waals surface area contributed by atoms with E-state index in [0.29, 0.717) is 5.84 Å². The molecule has 0 radical (unpaired) electrons. The van der Waals surface area contributed by atoms with Crippen LogP contribution in [0.3, 0.4) is 0 Å². The van der Waals surface area contributed by atoms with Crippen LogP contribution in [-0.4, -0.2) is 30.0 Å². The van der Waals surface area contributed by atoms with Gasteiger partial charge in [-0.3, -0.25) is 0 Å². The fraction of sp³-hybridized carbons (Fsp3) is 0.179. The molecule has 1 atom stereocenters. The first-order valence-corrected chi connectivity index (χ1v) is 15.5. The molecule has 7 rings (SSSR count). The van der Waals surface area contributed by atoms with Gasteiger partial charge in [0.05, 0.1) is 11.2 Å². The van der Waals surface area contributed by atoms with Gasteiger partial charge in [-0.25, -0.2) is 9.98 Å². The van der Waals surface area contributed by atoms with Crippen LogP contribution in [0, 0.1) is 0 Å². The van der Waals surface area contributed by atoms with Crippen molar-refractivity contribution in [1.82, 2.24) is 5.32 Å². The third-order valence-corrected chi connectivity index (χ3v) is 8.97. The Morgan fingerprint density at radius 3 is 1.58 bits per heavy atom. The van der Waals surface area contributed by atoms with Gasteiger partial charge < -0.3 is 14.6 Å². The third-order valence-electron chi connectivity index (χ3n) is 8.97. The summed E-state index contributed by atoms with van der Waals surface area (Å²) in [6.45, 7) is 8.28. The lowest BCUT2D eigenvalue weighted by Crippen LogP contribution is -2.41. The van der Waals surface area contributed by atoms with Crippen LogP contribution in [0.4, 0.5) is 0 Å². The number of benzene rings is 5. The van der Waals surface area contributed by atoms with Gasteiger partial charge in [0, 0.05) is 11.1 Å². The Hall–Kier alpha value is -4.78. The zero-order chi connectivity index (χ0) is 31.0. The highest BCUT2D eigenvalue weighted by Crippen LogP contribution is 2.36. The summed E-state index contributed by atoms with van der Waals surface area (Å²) in [4.78, 5) is 10.2. The van der Waals surface area contributed by atoms with Crippen molar-refractivity contribution < 1.29 is 9.31 Å². The van der Waals surface area contributed by atoms with E-state index < -0.39 is 18.3 Å². The summed E-state index contributed by atoms with van der Waals surface area (Å²) in [6.07, 6.45) is -0.294. The molecular weight excluding hydrogens is 553 g/mol. The van der Waals surface area contributed by atoms with Crippen LogP contribution >= 0.6 is 0 Å². The van der Waals surface area contributed by atoms with Crippen molar-refractivity contribution in [2.75, 3.05) is 0 Å². The zero-order valence-electron chi connectivity index (χ0n) is 26.1. The Morgan fingerprint density at radius 1 is 0.556 bits per heavy atom. The van der Waals surface area contributed by atoms with Crippen LogP contribution in [-0.2, 0) is 9.31 Å². The van der Waals surface area contributed by atoms with E-state index in [9.17, 15) is 0 Å². The second kappa shape index (κ2) is 11.6. The van der Waals surface area contributed by atoms with Crippen molar-refractivity contribution in [2.45, 2.75) is 45.1 Å². The first-order chi connectivity index (χ1) is 21.8. The summed E-state index contributed by atoms with van der Waals surface area (Å²) in [7, 11) is -0.424. The summed E-state index contributed by atoms with van der Waals surface area (Å²) in [5, 5.41) is 3.64. The lowest BCUT2D eigenvalue weighted by molar-refractivity contribution is 0.00578. The van der Waals surface area contributed by atoms with Gasteiger partial charge in [0.1, 0.15) is 12.0 Å². The molecule has 0 saturated carbocycles. The molecule has 2 aliphatic heterocycles. The van der Waals surface area contributed by atoms with Gasteiger partial charge in [-0.15, -0.1) is 0 Å². The normalized spacial score (nSPS) is 18.6. The van der Waals surface area contributed by atoms with Gasteiger partial charge in [0.15, 0.2) is 5.84 Å². The number of aliphatic imine (C=N–C) groups is 2. The van der Waals surface area contributed by atoms with Crippen molar-refractivity contribution in [3.8, 4) is 22.3 Å². The topological polar surface area (TPSA) is 55.2 Å². The molecule has 1 fully saturated rings. The molecule has 0 bridgehead atoms. The molecule has 6 heteroatoms. The van der Waals surface area contributed by atoms with E-state index in [2.05, 4.69) is 136 Å². The first kappa shape index (κ1) is 29.0. The van der Waals surface area contributed by atoms with Crippen LogP contribution in [0.5, 0.6) is 0 Å². The summed E-state index contributed by atoms with van der Waals surface area (Å²) in [6, 6.07) is 46.1. The Labute approximate surface area is 265 Å². The van der Waals surface area contributed by atoms with E-state index in [0.717, 1.165) is 50.2 Å².